The third-order valence-electron chi connectivity index (χ3n) is 3.46. The third kappa shape index (κ3) is 5.99. The van der Waals surface area contributed by atoms with E-state index in [-0.39, 0.29) is 6.42 Å². The van der Waals surface area contributed by atoms with Crippen LogP contribution in [0.15, 0.2) is 46.9 Å². The van der Waals surface area contributed by atoms with Crippen LogP contribution in [0.5, 0.6) is 0 Å². The molecule has 0 fully saturated rings. The van der Waals surface area contributed by atoms with Crippen LogP contribution in [-0.4, -0.2) is 23.8 Å². The van der Waals surface area contributed by atoms with Gasteiger partial charge in [-0.25, -0.2) is 8.78 Å². The van der Waals surface area contributed by atoms with Crippen LogP contribution in [0.2, 0.25) is 0 Å². The lowest BCUT2D eigenvalue weighted by Gasteiger charge is -2.19. The first kappa shape index (κ1) is 18.0. The van der Waals surface area contributed by atoms with Crippen LogP contribution in [0.25, 0.3) is 0 Å². The summed E-state index contributed by atoms with van der Waals surface area (Å²) >= 11 is 3.40. The smallest absolute Gasteiger partial charge is 0.126 e. The molecule has 124 valence electrons. The molecule has 4 N–H and O–H groups in total. The number of aliphatic hydroxyl groups excluding tert-OH is 1. The van der Waals surface area contributed by atoms with Crippen LogP contribution < -0.4 is 11.1 Å². The van der Waals surface area contributed by atoms with E-state index in [0.717, 1.165) is 16.1 Å². The first-order valence-electron chi connectivity index (χ1n) is 7.28. The lowest BCUT2D eigenvalue weighted by atomic mass is 10.0. The predicted molar refractivity (Wildman–Crippen MR) is 89.9 cm³/mol. The molecule has 0 radical (unpaired) electrons. The van der Waals surface area contributed by atoms with Gasteiger partial charge in [0.15, 0.2) is 0 Å². The molecule has 0 bridgehead atoms. The molecule has 23 heavy (non-hydrogen) atoms. The summed E-state index contributed by atoms with van der Waals surface area (Å²) < 4.78 is 27.3. The van der Waals surface area contributed by atoms with Gasteiger partial charge in [0.25, 0.3) is 0 Å². The molecule has 0 saturated carbocycles. The Kier molecular flexibility index (Phi) is 6.65. The number of hydrogen-bond donors (Lipinski definition) is 3. The fraction of sp³-hybridized carbons (Fsp3) is 0.294. The molecular formula is C17H19BrF2N2O. The van der Waals surface area contributed by atoms with Crippen molar-refractivity contribution in [1.82, 2.24) is 5.32 Å². The summed E-state index contributed by atoms with van der Waals surface area (Å²) in [6.07, 6.45) is -0.609. The van der Waals surface area contributed by atoms with Crippen molar-refractivity contribution in [2.75, 3.05) is 6.54 Å². The minimum absolute atomic E-state index is 0.203. The highest BCUT2D eigenvalue weighted by molar-refractivity contribution is 9.10. The normalized spacial score (nSPS) is 13.8. The second kappa shape index (κ2) is 8.49. The number of nitrogens with one attached hydrogen (secondary N) is 1. The summed E-state index contributed by atoms with van der Waals surface area (Å²) in [6, 6.07) is 10.5. The van der Waals surface area contributed by atoms with Crippen molar-refractivity contribution >= 4 is 15.9 Å². The fourth-order valence-electron chi connectivity index (χ4n) is 2.30. The number of nitrogens with two attached hydrogens (primary N) is 1. The number of rotatable bonds is 7. The Bertz CT molecular complexity index is 634. The SMILES string of the molecule is NC(Cc1cc(F)cc(F)c1)C(O)CNCc1cccc(Br)c1. The van der Waals surface area contributed by atoms with Gasteiger partial charge in [0.1, 0.15) is 11.6 Å². The van der Waals surface area contributed by atoms with E-state index in [0.29, 0.717) is 18.7 Å². The van der Waals surface area contributed by atoms with Crippen LogP contribution in [0, 0.1) is 11.6 Å². The summed E-state index contributed by atoms with van der Waals surface area (Å²) in [4.78, 5) is 0. The molecule has 0 heterocycles. The Morgan fingerprint density at radius 3 is 2.43 bits per heavy atom. The molecule has 2 unspecified atom stereocenters. The Labute approximate surface area is 142 Å². The summed E-state index contributed by atoms with van der Waals surface area (Å²) in [5.74, 6) is -1.29. The first-order chi connectivity index (χ1) is 10.9. The second-order valence-electron chi connectivity index (χ2n) is 5.47. The van der Waals surface area contributed by atoms with Gasteiger partial charge in [-0.3, -0.25) is 0 Å². The van der Waals surface area contributed by atoms with Crippen LogP contribution in [0.1, 0.15) is 11.1 Å². The molecule has 0 aliphatic heterocycles. The van der Waals surface area contributed by atoms with E-state index in [1.165, 1.54) is 12.1 Å². The van der Waals surface area contributed by atoms with Crippen molar-refractivity contribution in [3.05, 3.63) is 69.7 Å². The zero-order chi connectivity index (χ0) is 16.8. The third-order valence-corrected chi connectivity index (χ3v) is 3.95. The van der Waals surface area contributed by atoms with E-state index in [1.54, 1.807) is 0 Å². The second-order valence-corrected chi connectivity index (χ2v) is 6.39. The molecule has 0 aliphatic rings. The fourth-order valence-corrected chi connectivity index (χ4v) is 2.75. The predicted octanol–water partition coefficient (Wildman–Crippen LogP) is 2.75. The van der Waals surface area contributed by atoms with Crippen molar-refractivity contribution in [1.29, 1.82) is 0 Å². The number of benzene rings is 2. The molecule has 2 rings (SSSR count). The van der Waals surface area contributed by atoms with Crippen LogP contribution in [0.4, 0.5) is 8.78 Å². The van der Waals surface area contributed by atoms with Crippen molar-refractivity contribution in [2.45, 2.75) is 25.1 Å². The average Bonchev–Trinajstić information content (AvgIpc) is 2.46. The highest BCUT2D eigenvalue weighted by Crippen LogP contribution is 2.12. The van der Waals surface area contributed by atoms with E-state index in [4.69, 9.17) is 5.73 Å². The summed E-state index contributed by atoms with van der Waals surface area (Å²) in [7, 11) is 0. The highest BCUT2D eigenvalue weighted by Gasteiger charge is 2.16. The van der Waals surface area contributed by atoms with Gasteiger partial charge in [-0.05, 0) is 41.8 Å². The molecule has 2 aromatic carbocycles. The van der Waals surface area contributed by atoms with Gasteiger partial charge in [-0.2, -0.15) is 0 Å². The number of aliphatic hydroxyl groups is 1. The number of halogens is 3. The Morgan fingerprint density at radius 1 is 1.09 bits per heavy atom. The van der Waals surface area contributed by atoms with Gasteiger partial charge >= 0.3 is 0 Å². The van der Waals surface area contributed by atoms with E-state index in [2.05, 4.69) is 21.2 Å². The lowest BCUT2D eigenvalue weighted by molar-refractivity contribution is 0.141. The molecule has 0 spiro atoms. The van der Waals surface area contributed by atoms with E-state index < -0.39 is 23.8 Å². The Hall–Kier alpha value is -1.34. The van der Waals surface area contributed by atoms with Gasteiger partial charge in [-0.15, -0.1) is 0 Å². The molecule has 6 heteroatoms. The van der Waals surface area contributed by atoms with Gasteiger partial charge in [0, 0.05) is 29.7 Å². The molecule has 3 nitrogen and oxygen atoms in total. The average molecular weight is 385 g/mol. The van der Waals surface area contributed by atoms with Gasteiger partial charge < -0.3 is 16.2 Å². The van der Waals surface area contributed by atoms with Gasteiger partial charge in [0.2, 0.25) is 0 Å². The van der Waals surface area contributed by atoms with Crippen LogP contribution >= 0.6 is 15.9 Å². The topological polar surface area (TPSA) is 58.3 Å². The molecular weight excluding hydrogens is 366 g/mol. The highest BCUT2D eigenvalue weighted by atomic mass is 79.9. The minimum atomic E-state index is -0.812. The van der Waals surface area contributed by atoms with Gasteiger partial charge in [0.05, 0.1) is 6.10 Å². The molecule has 2 atom stereocenters. The summed E-state index contributed by atoms with van der Waals surface area (Å²) in [6.45, 7) is 0.892. The first-order valence-corrected chi connectivity index (χ1v) is 8.07. The monoisotopic (exact) mass is 384 g/mol. The zero-order valence-corrected chi connectivity index (χ0v) is 14.1. The molecule has 0 saturated heterocycles. The maximum absolute atomic E-state index is 13.1. The van der Waals surface area contributed by atoms with Crippen molar-refractivity contribution in [2.24, 2.45) is 5.73 Å². The van der Waals surface area contributed by atoms with Crippen molar-refractivity contribution < 1.29 is 13.9 Å². The van der Waals surface area contributed by atoms with Crippen LogP contribution in [-0.2, 0) is 13.0 Å². The van der Waals surface area contributed by atoms with Crippen molar-refractivity contribution in [3.63, 3.8) is 0 Å². The maximum atomic E-state index is 13.1. The van der Waals surface area contributed by atoms with E-state index in [9.17, 15) is 13.9 Å². The molecule has 0 amide bonds. The Balaban J connectivity index is 1.81. The Morgan fingerprint density at radius 2 is 1.78 bits per heavy atom. The quantitative estimate of drug-likeness (QED) is 0.687. The minimum Gasteiger partial charge on any atom is -0.390 e. The number of hydrogen-bond acceptors (Lipinski definition) is 3. The molecule has 0 aliphatic carbocycles. The standard InChI is InChI=1S/C17H19BrF2N2O/c18-13-3-1-2-11(4-13)9-22-10-17(23)16(21)7-12-5-14(19)8-15(20)6-12/h1-6,8,16-17,22-23H,7,9-10,21H2. The van der Waals surface area contributed by atoms with Crippen LogP contribution in [0.3, 0.4) is 0 Å². The van der Waals surface area contributed by atoms with E-state index in [1.807, 2.05) is 24.3 Å². The van der Waals surface area contributed by atoms with Gasteiger partial charge in [-0.1, -0.05) is 28.1 Å². The van der Waals surface area contributed by atoms with E-state index >= 15 is 0 Å². The largest absolute Gasteiger partial charge is 0.390 e. The summed E-state index contributed by atoms with van der Waals surface area (Å²) in [5, 5.41) is 13.2. The zero-order valence-electron chi connectivity index (χ0n) is 12.5. The summed E-state index contributed by atoms with van der Waals surface area (Å²) in [5.41, 5.74) is 7.42. The molecule has 0 aromatic heterocycles. The molecule has 2 aromatic rings. The maximum Gasteiger partial charge on any atom is 0.126 e. The van der Waals surface area contributed by atoms with Crippen molar-refractivity contribution in [3.8, 4) is 0 Å². The lowest BCUT2D eigenvalue weighted by Crippen LogP contribution is -2.43.